The van der Waals surface area contributed by atoms with Gasteiger partial charge in [0.05, 0.1) is 89.7 Å². The summed E-state index contributed by atoms with van der Waals surface area (Å²) in [5, 5.41) is 25.8. The fourth-order valence-electron chi connectivity index (χ4n) is 6.64. The smallest absolute Gasteiger partial charge is 0.407 e. The quantitative estimate of drug-likeness (QED) is 0.113. The van der Waals surface area contributed by atoms with Crippen LogP contribution in [-0.4, -0.2) is 118 Å². The van der Waals surface area contributed by atoms with Gasteiger partial charge in [0.1, 0.15) is 5.60 Å². The Morgan fingerprint density at radius 1 is 0.800 bits per heavy atom. The maximum atomic E-state index is 14.5. The highest BCUT2D eigenvalue weighted by Gasteiger charge is 2.39. The minimum absolute atomic E-state index is 0.0126. The van der Waals surface area contributed by atoms with Gasteiger partial charge in [0.15, 0.2) is 0 Å². The van der Waals surface area contributed by atoms with Crippen LogP contribution in [0.15, 0.2) is 78.9 Å². The number of hydrogen-bond donors (Lipinski definition) is 3. The zero-order valence-electron chi connectivity index (χ0n) is 33.0. The number of nitrogens with one attached hydrogen (secondary N) is 1. The number of fused-ring (bicyclic) bond motifs is 1. The molecular formula is C43H60N2O10. The molecule has 1 aliphatic carbocycles. The molecule has 0 aromatic heterocycles. The maximum absolute atomic E-state index is 14.5. The molecule has 1 aliphatic rings. The van der Waals surface area contributed by atoms with E-state index < -0.39 is 41.9 Å². The molecule has 2 amide bonds. The van der Waals surface area contributed by atoms with Crippen LogP contribution in [0.25, 0.3) is 0 Å². The number of hydrogen-bond acceptors (Lipinski definition) is 10. The molecule has 3 N–H and O–H groups in total. The Balaban J connectivity index is 1.42. The molecule has 0 heterocycles. The number of nitrogens with zero attached hydrogens (tertiary/aromatic N) is 1. The van der Waals surface area contributed by atoms with E-state index in [1.165, 1.54) is 0 Å². The topological polar surface area (TPSA) is 145 Å². The molecule has 5 atom stereocenters. The molecule has 12 heteroatoms. The second-order valence-electron chi connectivity index (χ2n) is 14.8. The first-order chi connectivity index (χ1) is 26.5. The Morgan fingerprint density at radius 2 is 1.38 bits per heavy atom. The van der Waals surface area contributed by atoms with Gasteiger partial charge in [-0.25, -0.2) is 4.79 Å². The normalized spacial score (nSPS) is 16.9. The maximum Gasteiger partial charge on any atom is 0.407 e. The zero-order chi connectivity index (χ0) is 39.6. The molecule has 12 nitrogen and oxygen atoms in total. The average molecular weight is 765 g/mol. The largest absolute Gasteiger partial charge is 0.444 e. The van der Waals surface area contributed by atoms with Crippen LogP contribution in [0.4, 0.5) is 4.79 Å². The summed E-state index contributed by atoms with van der Waals surface area (Å²) >= 11 is 0. The zero-order valence-corrected chi connectivity index (χ0v) is 33.0. The van der Waals surface area contributed by atoms with Crippen molar-refractivity contribution in [1.82, 2.24) is 10.2 Å². The summed E-state index contributed by atoms with van der Waals surface area (Å²) in [6, 6.07) is 23.6. The fourth-order valence-corrected chi connectivity index (χ4v) is 6.64. The van der Waals surface area contributed by atoms with Crippen LogP contribution in [0.3, 0.4) is 0 Å². The van der Waals surface area contributed by atoms with Crippen molar-refractivity contribution in [3.05, 3.63) is 107 Å². The highest BCUT2D eigenvalue weighted by molar-refractivity contribution is 5.84. The molecule has 0 radical (unpaired) electrons. The standard InChI is InChI=1S/C43H60N2O10/c1-43(2,3)55-42(49)44-37(27-31-11-7-6-8-12-31)38(46)29-36(41(48)45(4)40-35-14-10-9-13-34(35)28-39(40)47)33-17-15-32(16-18-33)30-54-26-25-53-24-23-52-22-21-51-20-19-50-5/h6-18,36-40,46-47H,19-30H2,1-5H3,(H,44,49)/t36?,37-,38-,39+,40-/m0/s1. The first-order valence-electron chi connectivity index (χ1n) is 19.1. The van der Waals surface area contributed by atoms with Crippen LogP contribution in [0.1, 0.15) is 67.0 Å². The third-order valence-electron chi connectivity index (χ3n) is 9.37. The predicted molar refractivity (Wildman–Crippen MR) is 209 cm³/mol. The van der Waals surface area contributed by atoms with Crippen molar-refractivity contribution in [3.63, 3.8) is 0 Å². The van der Waals surface area contributed by atoms with Gasteiger partial charge >= 0.3 is 6.09 Å². The van der Waals surface area contributed by atoms with Crippen molar-refractivity contribution in [3.8, 4) is 0 Å². The molecule has 0 spiro atoms. The minimum atomic E-state index is -1.13. The highest BCUT2D eigenvalue weighted by atomic mass is 16.6. The number of alkyl carbamates (subject to hydrolysis) is 1. The Kier molecular flexibility index (Phi) is 18.0. The summed E-state index contributed by atoms with van der Waals surface area (Å²) in [5.74, 6) is -1.04. The molecule has 3 aromatic carbocycles. The number of aliphatic hydroxyl groups is 2. The lowest BCUT2D eigenvalue weighted by Gasteiger charge is -2.34. The van der Waals surface area contributed by atoms with E-state index in [1.54, 1.807) is 39.8 Å². The molecule has 0 saturated heterocycles. The number of carbonyl (C=O) groups is 2. The first-order valence-corrected chi connectivity index (χ1v) is 19.1. The van der Waals surface area contributed by atoms with Crippen LogP contribution in [0.2, 0.25) is 0 Å². The number of methoxy groups -OCH3 is 1. The first kappa shape index (κ1) is 43.8. The van der Waals surface area contributed by atoms with Gasteiger partial charge in [-0.2, -0.15) is 0 Å². The van der Waals surface area contributed by atoms with Crippen LogP contribution in [-0.2, 0) is 52.7 Å². The molecule has 55 heavy (non-hydrogen) atoms. The number of rotatable bonds is 23. The van der Waals surface area contributed by atoms with Crippen LogP contribution >= 0.6 is 0 Å². The number of carbonyl (C=O) groups excluding carboxylic acids is 2. The number of amides is 2. The summed E-state index contributed by atoms with van der Waals surface area (Å²) in [6.45, 7) is 9.53. The third kappa shape index (κ3) is 14.6. The SMILES string of the molecule is COCCOCCOCCOCCOCc1ccc(C(C[C@H](O)[C@H](Cc2ccccc2)NC(=O)OC(C)(C)C)C(=O)N(C)[C@H]2c3ccccc3C[C@H]2O)cc1. The third-order valence-corrected chi connectivity index (χ3v) is 9.37. The van der Waals surface area contributed by atoms with E-state index in [2.05, 4.69) is 5.32 Å². The van der Waals surface area contributed by atoms with Gasteiger partial charge in [0.2, 0.25) is 5.91 Å². The van der Waals surface area contributed by atoms with Crippen molar-refractivity contribution < 1.29 is 48.2 Å². The monoisotopic (exact) mass is 764 g/mol. The van der Waals surface area contributed by atoms with Gasteiger partial charge < -0.3 is 48.9 Å². The molecule has 3 aromatic rings. The van der Waals surface area contributed by atoms with Gasteiger partial charge in [-0.15, -0.1) is 0 Å². The molecule has 4 rings (SSSR count). The molecular weight excluding hydrogens is 704 g/mol. The Hall–Kier alpha value is -3.88. The van der Waals surface area contributed by atoms with E-state index in [4.69, 9.17) is 28.4 Å². The van der Waals surface area contributed by atoms with Crippen molar-refractivity contribution in [2.75, 3.05) is 67.0 Å². The van der Waals surface area contributed by atoms with Crippen molar-refractivity contribution >= 4 is 12.0 Å². The number of aliphatic hydroxyl groups excluding tert-OH is 2. The Morgan fingerprint density at radius 3 is 2.00 bits per heavy atom. The van der Waals surface area contributed by atoms with Gasteiger partial charge in [0.25, 0.3) is 0 Å². The summed E-state index contributed by atoms with van der Waals surface area (Å²) in [6.07, 6.45) is -1.76. The summed E-state index contributed by atoms with van der Waals surface area (Å²) in [4.78, 5) is 29.1. The lowest BCUT2D eigenvalue weighted by Crippen LogP contribution is -2.48. The molecule has 0 fully saturated rings. The molecule has 0 saturated carbocycles. The van der Waals surface area contributed by atoms with E-state index in [-0.39, 0.29) is 12.3 Å². The lowest BCUT2D eigenvalue weighted by molar-refractivity contribution is -0.136. The molecule has 302 valence electrons. The van der Waals surface area contributed by atoms with Crippen molar-refractivity contribution in [2.45, 2.75) is 82.5 Å². The highest BCUT2D eigenvalue weighted by Crippen LogP contribution is 2.38. The Labute approximate surface area is 326 Å². The van der Waals surface area contributed by atoms with E-state index in [0.717, 1.165) is 22.3 Å². The van der Waals surface area contributed by atoms with Crippen LogP contribution < -0.4 is 5.32 Å². The van der Waals surface area contributed by atoms with Crippen molar-refractivity contribution in [1.29, 1.82) is 0 Å². The fraction of sp³-hybridized carbons (Fsp3) is 0.535. The van der Waals surface area contributed by atoms with Crippen molar-refractivity contribution in [2.24, 2.45) is 0 Å². The molecule has 1 unspecified atom stereocenters. The molecule has 0 aliphatic heterocycles. The number of benzene rings is 3. The van der Waals surface area contributed by atoms with Crippen LogP contribution in [0.5, 0.6) is 0 Å². The van der Waals surface area contributed by atoms with Gasteiger partial charge in [0, 0.05) is 20.6 Å². The summed E-state index contributed by atoms with van der Waals surface area (Å²) in [5.41, 5.74) is 3.70. The number of likely N-dealkylation sites (N-methyl/N-ethyl adjacent to an activating group) is 1. The van der Waals surface area contributed by atoms with E-state index in [1.807, 2.05) is 78.9 Å². The average Bonchev–Trinajstić information content (AvgIpc) is 3.50. The van der Waals surface area contributed by atoms with E-state index >= 15 is 0 Å². The van der Waals surface area contributed by atoms with Gasteiger partial charge in [-0.05, 0) is 61.4 Å². The minimum Gasteiger partial charge on any atom is -0.444 e. The number of ether oxygens (including phenoxy) is 6. The van der Waals surface area contributed by atoms with E-state index in [9.17, 15) is 19.8 Å². The second-order valence-corrected chi connectivity index (χ2v) is 14.8. The molecule has 0 bridgehead atoms. The van der Waals surface area contributed by atoms with Gasteiger partial charge in [-0.1, -0.05) is 78.9 Å². The van der Waals surface area contributed by atoms with Gasteiger partial charge in [-0.3, -0.25) is 4.79 Å². The van der Waals surface area contributed by atoms with Crippen LogP contribution in [0, 0.1) is 0 Å². The Bertz CT molecular complexity index is 1570. The second kappa shape index (κ2) is 22.6. The van der Waals surface area contributed by atoms with E-state index in [0.29, 0.717) is 77.9 Å². The summed E-state index contributed by atoms with van der Waals surface area (Å²) < 4.78 is 32.8. The summed E-state index contributed by atoms with van der Waals surface area (Å²) in [7, 11) is 3.33. The lowest BCUT2D eigenvalue weighted by atomic mass is 9.87. The predicted octanol–water partition coefficient (Wildman–Crippen LogP) is 4.99.